The maximum absolute atomic E-state index is 10.6. The first-order chi connectivity index (χ1) is 13.6. The third-order valence-electron chi connectivity index (χ3n) is 4.58. The number of hydrogen-bond donors (Lipinski definition) is 3. The maximum atomic E-state index is 10.6. The lowest BCUT2D eigenvalue weighted by Gasteiger charge is -2.29. The summed E-state index contributed by atoms with van der Waals surface area (Å²) in [6.07, 6.45) is 3.36. The summed E-state index contributed by atoms with van der Waals surface area (Å²) in [4.78, 5) is 11.5. The monoisotopic (exact) mass is 515 g/mol. The summed E-state index contributed by atoms with van der Waals surface area (Å²) in [5.74, 6) is 2.09. The van der Waals surface area contributed by atoms with Gasteiger partial charge in [-0.2, -0.15) is 0 Å². The number of nitrogens with one attached hydrogen (secondary N) is 2. The van der Waals surface area contributed by atoms with Crippen molar-refractivity contribution in [3.8, 4) is 0 Å². The topological polar surface area (TPSA) is 95.2 Å². The lowest BCUT2D eigenvalue weighted by Crippen LogP contribution is -2.44. The van der Waals surface area contributed by atoms with Gasteiger partial charge in [0, 0.05) is 31.4 Å². The smallest absolute Gasteiger partial charge is 0.191 e. The predicted molar refractivity (Wildman–Crippen MR) is 124 cm³/mol. The molecule has 160 valence electrons. The average Bonchev–Trinajstić information content (AvgIpc) is 3.27. The predicted octanol–water partition coefficient (Wildman–Crippen LogP) is 2.09. The van der Waals surface area contributed by atoms with Gasteiger partial charge in [-0.15, -0.1) is 24.0 Å². The molecule has 0 amide bonds. The van der Waals surface area contributed by atoms with Crippen molar-refractivity contribution in [1.82, 2.24) is 15.6 Å². The van der Waals surface area contributed by atoms with Crippen molar-refractivity contribution in [2.75, 3.05) is 44.3 Å². The van der Waals surface area contributed by atoms with E-state index in [2.05, 4.69) is 25.5 Å². The Bertz CT molecular complexity index is 761. The van der Waals surface area contributed by atoms with Crippen molar-refractivity contribution in [2.24, 2.45) is 4.99 Å². The van der Waals surface area contributed by atoms with Gasteiger partial charge in [0.1, 0.15) is 17.2 Å². The lowest BCUT2D eigenvalue weighted by molar-refractivity contribution is 0.0386. The fraction of sp³-hybridized carbons (Fsp3) is 0.500. The van der Waals surface area contributed by atoms with Crippen LogP contribution in [0.3, 0.4) is 0 Å². The number of furan rings is 1. The van der Waals surface area contributed by atoms with Gasteiger partial charge >= 0.3 is 0 Å². The van der Waals surface area contributed by atoms with Crippen LogP contribution in [0.5, 0.6) is 0 Å². The van der Waals surface area contributed by atoms with E-state index in [1.54, 1.807) is 25.3 Å². The zero-order valence-corrected chi connectivity index (χ0v) is 19.3. The number of anilines is 1. The second-order valence-corrected chi connectivity index (χ2v) is 6.89. The van der Waals surface area contributed by atoms with Crippen LogP contribution in [0.4, 0.5) is 5.82 Å². The van der Waals surface area contributed by atoms with E-state index < -0.39 is 5.60 Å². The molecule has 1 saturated heterocycles. The molecule has 0 spiro atoms. The largest absolute Gasteiger partial charge is 0.466 e. The molecule has 3 N–H and O–H groups in total. The van der Waals surface area contributed by atoms with Gasteiger partial charge in [-0.25, -0.2) is 9.98 Å². The van der Waals surface area contributed by atoms with Crippen LogP contribution in [0.15, 0.2) is 46.1 Å². The second-order valence-electron chi connectivity index (χ2n) is 6.89. The quantitative estimate of drug-likeness (QED) is 0.296. The number of ether oxygens (including phenoxy) is 1. The van der Waals surface area contributed by atoms with Crippen molar-refractivity contribution >= 4 is 35.8 Å². The Kier molecular flexibility index (Phi) is 9.18. The minimum atomic E-state index is -1.13. The van der Waals surface area contributed by atoms with Crippen molar-refractivity contribution in [3.05, 3.63) is 48.0 Å². The Morgan fingerprint density at radius 1 is 1.28 bits per heavy atom. The molecule has 1 aliphatic rings. The molecule has 0 aromatic carbocycles. The number of aliphatic imine (C=N–C) groups is 1. The summed E-state index contributed by atoms with van der Waals surface area (Å²) in [5.41, 5.74) is -0.0770. The van der Waals surface area contributed by atoms with Gasteiger partial charge < -0.3 is 29.8 Å². The van der Waals surface area contributed by atoms with Crippen LogP contribution in [0.25, 0.3) is 0 Å². The van der Waals surface area contributed by atoms with Crippen LogP contribution in [-0.2, 0) is 16.9 Å². The summed E-state index contributed by atoms with van der Waals surface area (Å²) in [6.45, 7) is 8.28. The van der Waals surface area contributed by atoms with Crippen LogP contribution in [0.1, 0.15) is 25.2 Å². The molecule has 1 atom stereocenters. The molecule has 9 heteroatoms. The summed E-state index contributed by atoms with van der Waals surface area (Å²) in [5, 5.41) is 17.0. The van der Waals surface area contributed by atoms with E-state index in [9.17, 15) is 5.11 Å². The van der Waals surface area contributed by atoms with Gasteiger partial charge in [0.2, 0.25) is 0 Å². The Labute approximate surface area is 188 Å². The minimum Gasteiger partial charge on any atom is -0.466 e. The van der Waals surface area contributed by atoms with Gasteiger partial charge in [0.25, 0.3) is 0 Å². The van der Waals surface area contributed by atoms with Crippen LogP contribution in [-0.4, -0.2) is 55.4 Å². The molecule has 1 aliphatic heterocycles. The molecule has 0 saturated carbocycles. The molecule has 1 fully saturated rings. The number of aliphatic hydroxyl groups is 1. The fourth-order valence-corrected chi connectivity index (χ4v) is 3.05. The van der Waals surface area contributed by atoms with E-state index in [4.69, 9.17) is 9.15 Å². The number of halogens is 1. The van der Waals surface area contributed by atoms with Crippen molar-refractivity contribution < 1.29 is 14.3 Å². The highest BCUT2D eigenvalue weighted by atomic mass is 127. The van der Waals surface area contributed by atoms with Crippen LogP contribution in [0.2, 0.25) is 0 Å². The Morgan fingerprint density at radius 2 is 2.07 bits per heavy atom. The first kappa shape index (κ1) is 23.4. The molecule has 3 heterocycles. The molecular formula is C20H30IN5O3. The van der Waals surface area contributed by atoms with Gasteiger partial charge in [-0.3, -0.25) is 0 Å². The number of pyridine rings is 1. The maximum Gasteiger partial charge on any atom is 0.191 e. The summed E-state index contributed by atoms with van der Waals surface area (Å²) < 4.78 is 10.8. The Morgan fingerprint density at radius 3 is 2.76 bits per heavy atom. The van der Waals surface area contributed by atoms with Gasteiger partial charge in [0.15, 0.2) is 5.96 Å². The van der Waals surface area contributed by atoms with Gasteiger partial charge in [-0.05, 0) is 32.0 Å². The molecule has 0 radical (unpaired) electrons. The van der Waals surface area contributed by atoms with Crippen molar-refractivity contribution in [2.45, 2.75) is 26.0 Å². The number of nitrogens with zero attached hydrogens (tertiary/aromatic N) is 3. The zero-order valence-electron chi connectivity index (χ0n) is 16.9. The Balaban J connectivity index is 0.00000300. The van der Waals surface area contributed by atoms with Gasteiger partial charge in [0.05, 0.1) is 32.6 Å². The van der Waals surface area contributed by atoms with Crippen LogP contribution >= 0.6 is 24.0 Å². The molecular weight excluding hydrogens is 485 g/mol. The van der Waals surface area contributed by atoms with E-state index >= 15 is 0 Å². The first-order valence-corrected chi connectivity index (χ1v) is 9.65. The van der Waals surface area contributed by atoms with Crippen molar-refractivity contribution in [1.29, 1.82) is 0 Å². The normalized spacial score (nSPS) is 16.7. The third-order valence-corrected chi connectivity index (χ3v) is 4.58. The molecule has 0 bridgehead atoms. The SMILES string of the molecule is CCNC(=NCc1cccnc1N1CCOCC1)NCC(C)(O)c1ccco1.I. The summed E-state index contributed by atoms with van der Waals surface area (Å²) in [6, 6.07) is 7.50. The zero-order chi connectivity index (χ0) is 19.8. The van der Waals surface area contributed by atoms with Gasteiger partial charge in [-0.1, -0.05) is 6.07 Å². The molecule has 2 aromatic heterocycles. The number of hydrogen-bond acceptors (Lipinski definition) is 6. The Hall–Kier alpha value is -1.85. The van der Waals surface area contributed by atoms with E-state index in [1.165, 1.54) is 0 Å². The van der Waals surface area contributed by atoms with Crippen LogP contribution < -0.4 is 15.5 Å². The highest BCUT2D eigenvalue weighted by Gasteiger charge is 2.26. The summed E-state index contributed by atoms with van der Waals surface area (Å²) in [7, 11) is 0. The first-order valence-electron chi connectivity index (χ1n) is 9.65. The van der Waals surface area contributed by atoms with Crippen molar-refractivity contribution in [3.63, 3.8) is 0 Å². The third kappa shape index (κ3) is 6.58. The average molecular weight is 515 g/mol. The molecule has 8 nitrogen and oxygen atoms in total. The van der Waals surface area contributed by atoms with E-state index in [0.717, 1.165) is 31.0 Å². The number of morpholine rings is 1. The molecule has 2 aromatic rings. The highest BCUT2D eigenvalue weighted by molar-refractivity contribution is 14.0. The number of rotatable bonds is 7. The molecule has 0 aliphatic carbocycles. The van der Waals surface area contributed by atoms with E-state index in [-0.39, 0.29) is 30.5 Å². The highest BCUT2D eigenvalue weighted by Crippen LogP contribution is 2.20. The number of guanidine groups is 1. The minimum absolute atomic E-state index is 0. The standard InChI is InChI=1S/C20H29N5O3.HI/c1-3-21-19(24-15-20(2,26)17-7-5-11-28-17)23-14-16-6-4-8-22-18(16)25-9-12-27-13-10-25;/h4-8,11,26H,3,9-10,12-15H2,1-2H3,(H2,21,23,24);1H. The summed E-state index contributed by atoms with van der Waals surface area (Å²) >= 11 is 0. The fourth-order valence-electron chi connectivity index (χ4n) is 3.05. The second kappa shape index (κ2) is 11.4. The van der Waals surface area contributed by atoms with E-state index in [0.29, 0.717) is 31.5 Å². The number of aromatic nitrogens is 1. The molecule has 29 heavy (non-hydrogen) atoms. The lowest BCUT2D eigenvalue weighted by atomic mass is 10.0. The molecule has 1 unspecified atom stereocenters. The van der Waals surface area contributed by atoms with E-state index in [1.807, 2.05) is 25.3 Å². The molecule has 3 rings (SSSR count). The van der Waals surface area contributed by atoms with Crippen LogP contribution in [0, 0.1) is 0 Å².